The van der Waals surface area contributed by atoms with Crippen LogP contribution in [0.1, 0.15) is 30.6 Å². The number of aromatic nitrogens is 1. The van der Waals surface area contributed by atoms with Crippen molar-refractivity contribution in [1.29, 1.82) is 0 Å². The van der Waals surface area contributed by atoms with Crippen molar-refractivity contribution in [2.75, 3.05) is 6.54 Å². The lowest BCUT2D eigenvalue weighted by Gasteiger charge is -2.15. The van der Waals surface area contributed by atoms with Crippen molar-refractivity contribution in [3.05, 3.63) is 41.7 Å². The molecule has 0 bridgehead atoms. The van der Waals surface area contributed by atoms with Gasteiger partial charge < -0.3 is 20.5 Å². The number of carbonyl (C=O) groups excluding carboxylic acids is 2. The molecule has 1 unspecified atom stereocenters. The Labute approximate surface area is 146 Å². The van der Waals surface area contributed by atoms with Crippen LogP contribution in [0.5, 0.6) is 0 Å². The zero-order valence-electron chi connectivity index (χ0n) is 14.2. The van der Waals surface area contributed by atoms with Gasteiger partial charge in [-0.2, -0.15) is 0 Å². The van der Waals surface area contributed by atoms with E-state index in [9.17, 15) is 9.59 Å². The highest BCUT2D eigenvalue weighted by Crippen LogP contribution is 2.19. The fourth-order valence-corrected chi connectivity index (χ4v) is 2.71. The van der Waals surface area contributed by atoms with Gasteiger partial charge in [-0.15, -0.1) is 0 Å². The standard InChI is InChI=1S/C18H22N4O3/c1-12-5-7-13(8-6-12)16-10-14(25-22-16)11-20-18(24)21-15-4-2-3-9-19-17(15)23/h5-8,10,15H,2-4,9,11H2,1H3,(H,19,23)(H2,20,21,24). The molecule has 3 rings (SSSR count). The van der Waals surface area contributed by atoms with Crippen molar-refractivity contribution in [2.45, 2.75) is 38.8 Å². The number of nitrogens with zero attached hydrogens (tertiary/aromatic N) is 1. The summed E-state index contributed by atoms with van der Waals surface area (Å²) in [7, 11) is 0. The van der Waals surface area contributed by atoms with Gasteiger partial charge in [-0.25, -0.2) is 4.79 Å². The number of nitrogens with one attached hydrogen (secondary N) is 3. The molecule has 1 fully saturated rings. The van der Waals surface area contributed by atoms with Crippen LogP contribution >= 0.6 is 0 Å². The van der Waals surface area contributed by atoms with E-state index in [0.29, 0.717) is 18.7 Å². The van der Waals surface area contributed by atoms with Gasteiger partial charge in [0.1, 0.15) is 11.7 Å². The van der Waals surface area contributed by atoms with E-state index in [1.165, 1.54) is 5.56 Å². The number of carbonyl (C=O) groups is 2. The Morgan fingerprint density at radius 3 is 2.92 bits per heavy atom. The Hall–Kier alpha value is -2.83. The first-order chi connectivity index (χ1) is 12.1. The maximum absolute atomic E-state index is 12.0. The summed E-state index contributed by atoms with van der Waals surface area (Å²) in [5.74, 6) is 0.421. The molecule has 1 atom stereocenters. The molecule has 2 aromatic rings. The second-order valence-electron chi connectivity index (χ2n) is 6.21. The first-order valence-electron chi connectivity index (χ1n) is 8.46. The average Bonchev–Trinajstić information content (AvgIpc) is 2.99. The van der Waals surface area contributed by atoms with E-state index in [4.69, 9.17) is 4.52 Å². The predicted molar refractivity (Wildman–Crippen MR) is 92.7 cm³/mol. The lowest BCUT2D eigenvalue weighted by molar-refractivity contribution is -0.122. The Balaban J connectivity index is 1.52. The summed E-state index contributed by atoms with van der Waals surface area (Å²) in [5.41, 5.74) is 2.86. The first-order valence-corrected chi connectivity index (χ1v) is 8.46. The summed E-state index contributed by atoms with van der Waals surface area (Å²) in [6.07, 6.45) is 2.50. The monoisotopic (exact) mass is 342 g/mol. The number of aryl methyl sites for hydroxylation is 1. The normalized spacial score (nSPS) is 17.5. The average molecular weight is 342 g/mol. The van der Waals surface area contributed by atoms with Gasteiger partial charge in [-0.3, -0.25) is 4.79 Å². The molecule has 1 aromatic heterocycles. The van der Waals surface area contributed by atoms with Crippen molar-refractivity contribution >= 4 is 11.9 Å². The fraction of sp³-hybridized carbons (Fsp3) is 0.389. The molecule has 3 amide bonds. The molecule has 1 aliphatic heterocycles. The Morgan fingerprint density at radius 1 is 1.32 bits per heavy atom. The quantitative estimate of drug-likeness (QED) is 0.793. The van der Waals surface area contributed by atoms with Crippen LogP contribution in [0.3, 0.4) is 0 Å². The van der Waals surface area contributed by atoms with Gasteiger partial charge in [0.2, 0.25) is 5.91 Å². The van der Waals surface area contributed by atoms with E-state index in [2.05, 4.69) is 21.1 Å². The molecule has 1 saturated heterocycles. The lowest BCUT2D eigenvalue weighted by atomic mass is 10.1. The number of benzene rings is 1. The largest absolute Gasteiger partial charge is 0.359 e. The number of urea groups is 1. The van der Waals surface area contributed by atoms with Crippen molar-refractivity contribution in [2.24, 2.45) is 0 Å². The zero-order valence-corrected chi connectivity index (χ0v) is 14.2. The molecule has 7 heteroatoms. The number of amides is 3. The van der Waals surface area contributed by atoms with E-state index in [-0.39, 0.29) is 12.5 Å². The van der Waals surface area contributed by atoms with Crippen LogP contribution in [-0.4, -0.2) is 29.7 Å². The molecule has 0 saturated carbocycles. The third-order valence-corrected chi connectivity index (χ3v) is 4.17. The molecule has 7 nitrogen and oxygen atoms in total. The van der Waals surface area contributed by atoms with Gasteiger partial charge >= 0.3 is 6.03 Å². The molecule has 2 heterocycles. The number of hydrogen-bond acceptors (Lipinski definition) is 4. The van der Waals surface area contributed by atoms with E-state index < -0.39 is 12.1 Å². The van der Waals surface area contributed by atoms with E-state index in [1.54, 1.807) is 6.07 Å². The van der Waals surface area contributed by atoms with Gasteiger partial charge in [0.15, 0.2) is 5.76 Å². The van der Waals surface area contributed by atoms with Crippen LogP contribution in [0.2, 0.25) is 0 Å². The van der Waals surface area contributed by atoms with E-state index in [0.717, 1.165) is 24.1 Å². The molecule has 3 N–H and O–H groups in total. The van der Waals surface area contributed by atoms with Crippen LogP contribution in [0.15, 0.2) is 34.9 Å². The van der Waals surface area contributed by atoms with E-state index in [1.807, 2.05) is 31.2 Å². The van der Waals surface area contributed by atoms with Crippen LogP contribution in [0, 0.1) is 6.92 Å². The SMILES string of the molecule is Cc1ccc(-c2cc(CNC(=O)NC3CCCCNC3=O)on2)cc1. The summed E-state index contributed by atoms with van der Waals surface area (Å²) >= 11 is 0. The van der Waals surface area contributed by atoms with Crippen LogP contribution < -0.4 is 16.0 Å². The van der Waals surface area contributed by atoms with Gasteiger partial charge in [-0.1, -0.05) is 35.0 Å². The van der Waals surface area contributed by atoms with Crippen molar-refractivity contribution in [3.63, 3.8) is 0 Å². The van der Waals surface area contributed by atoms with Crippen molar-refractivity contribution < 1.29 is 14.1 Å². The van der Waals surface area contributed by atoms with Crippen LogP contribution in [-0.2, 0) is 11.3 Å². The summed E-state index contributed by atoms with van der Waals surface area (Å²) in [5, 5.41) is 12.2. The minimum absolute atomic E-state index is 0.131. The van der Waals surface area contributed by atoms with Crippen LogP contribution in [0.4, 0.5) is 4.79 Å². The lowest BCUT2D eigenvalue weighted by Crippen LogP contribution is -2.48. The van der Waals surface area contributed by atoms with Crippen LogP contribution in [0.25, 0.3) is 11.3 Å². The second kappa shape index (κ2) is 7.83. The van der Waals surface area contributed by atoms with Gasteiger partial charge in [0.05, 0.1) is 6.54 Å². The maximum Gasteiger partial charge on any atom is 0.315 e. The highest BCUT2D eigenvalue weighted by atomic mass is 16.5. The molecule has 1 aliphatic rings. The second-order valence-corrected chi connectivity index (χ2v) is 6.21. The highest BCUT2D eigenvalue weighted by molar-refractivity contribution is 5.87. The molecular weight excluding hydrogens is 320 g/mol. The Morgan fingerprint density at radius 2 is 2.12 bits per heavy atom. The van der Waals surface area contributed by atoms with Crippen molar-refractivity contribution in [3.8, 4) is 11.3 Å². The number of rotatable bonds is 4. The van der Waals surface area contributed by atoms with Gasteiger partial charge in [0, 0.05) is 18.2 Å². The Kier molecular flexibility index (Phi) is 5.33. The zero-order chi connectivity index (χ0) is 17.6. The van der Waals surface area contributed by atoms with Crippen molar-refractivity contribution in [1.82, 2.24) is 21.1 Å². The minimum atomic E-state index is -0.486. The molecule has 1 aromatic carbocycles. The summed E-state index contributed by atoms with van der Waals surface area (Å²) < 4.78 is 5.26. The Bertz CT molecular complexity index is 739. The van der Waals surface area contributed by atoms with Gasteiger partial charge in [-0.05, 0) is 26.2 Å². The topological polar surface area (TPSA) is 96.3 Å². The smallest absolute Gasteiger partial charge is 0.315 e. The maximum atomic E-state index is 12.0. The molecular formula is C18H22N4O3. The molecule has 0 spiro atoms. The molecule has 132 valence electrons. The van der Waals surface area contributed by atoms with E-state index >= 15 is 0 Å². The first kappa shape index (κ1) is 17.0. The summed E-state index contributed by atoms with van der Waals surface area (Å²) in [4.78, 5) is 23.8. The predicted octanol–water partition coefficient (Wildman–Crippen LogP) is 2.12. The molecule has 0 aliphatic carbocycles. The van der Waals surface area contributed by atoms with Gasteiger partial charge in [0.25, 0.3) is 0 Å². The number of hydrogen-bond donors (Lipinski definition) is 3. The minimum Gasteiger partial charge on any atom is -0.359 e. The highest BCUT2D eigenvalue weighted by Gasteiger charge is 2.22. The molecule has 0 radical (unpaired) electrons. The third kappa shape index (κ3) is 4.59. The molecule has 25 heavy (non-hydrogen) atoms. The summed E-state index contributed by atoms with van der Waals surface area (Å²) in [6.45, 7) is 2.90. The fourth-order valence-electron chi connectivity index (χ4n) is 2.71. The summed E-state index contributed by atoms with van der Waals surface area (Å²) in [6, 6.07) is 8.88. The third-order valence-electron chi connectivity index (χ3n) is 4.17.